The van der Waals surface area contributed by atoms with Crippen molar-refractivity contribution in [3.05, 3.63) is 36.2 Å². The monoisotopic (exact) mass is 291 g/mol. The zero-order chi connectivity index (χ0) is 14.4. The second-order valence-electron chi connectivity index (χ2n) is 4.57. The van der Waals surface area contributed by atoms with E-state index >= 15 is 0 Å². The summed E-state index contributed by atoms with van der Waals surface area (Å²) in [5.41, 5.74) is 0.808. The number of carbonyl (C=O) groups is 1. The highest BCUT2D eigenvalue weighted by Gasteiger charge is 2.10. The molecule has 106 valence electrons. The van der Waals surface area contributed by atoms with Crippen LogP contribution in [0, 0.1) is 0 Å². The molecule has 0 aliphatic heterocycles. The number of benzene rings is 1. The Morgan fingerprint density at radius 2 is 2.05 bits per heavy atom. The average molecular weight is 291 g/mol. The van der Waals surface area contributed by atoms with Crippen LogP contribution in [0.25, 0.3) is 0 Å². The Labute approximate surface area is 122 Å². The first-order valence-corrected chi connectivity index (χ1v) is 7.45. The van der Waals surface area contributed by atoms with Crippen molar-refractivity contribution in [3.63, 3.8) is 0 Å². The molecule has 20 heavy (non-hydrogen) atoms. The molecule has 2 aromatic rings. The molecule has 0 aliphatic rings. The summed E-state index contributed by atoms with van der Waals surface area (Å²) in [6, 6.07) is 9.40. The van der Waals surface area contributed by atoms with Gasteiger partial charge in [-0.15, -0.1) is 10.2 Å². The maximum atomic E-state index is 11.7. The molecule has 5 nitrogen and oxygen atoms in total. The smallest absolute Gasteiger partial charge is 0.276 e. The SMILES string of the molecule is CC(C)c1nnc(SCCC(=O)Nc2ccccc2)o1. The van der Waals surface area contributed by atoms with E-state index in [2.05, 4.69) is 15.5 Å². The molecule has 1 aromatic carbocycles. The zero-order valence-corrected chi connectivity index (χ0v) is 12.3. The molecule has 0 radical (unpaired) electrons. The van der Waals surface area contributed by atoms with Gasteiger partial charge in [-0.2, -0.15) is 0 Å². The molecule has 0 spiro atoms. The van der Waals surface area contributed by atoms with Gasteiger partial charge in [-0.05, 0) is 12.1 Å². The third kappa shape index (κ3) is 4.38. The van der Waals surface area contributed by atoms with Gasteiger partial charge >= 0.3 is 0 Å². The Balaban J connectivity index is 1.73. The van der Waals surface area contributed by atoms with E-state index in [4.69, 9.17) is 4.42 Å². The van der Waals surface area contributed by atoms with Crippen molar-refractivity contribution in [2.45, 2.75) is 31.4 Å². The summed E-state index contributed by atoms with van der Waals surface area (Å²) < 4.78 is 5.45. The molecule has 0 saturated carbocycles. The number of rotatable bonds is 6. The largest absolute Gasteiger partial charge is 0.416 e. The van der Waals surface area contributed by atoms with Crippen LogP contribution in [0.3, 0.4) is 0 Å². The summed E-state index contributed by atoms with van der Waals surface area (Å²) >= 11 is 1.40. The van der Waals surface area contributed by atoms with Crippen LogP contribution >= 0.6 is 11.8 Å². The van der Waals surface area contributed by atoms with Crippen molar-refractivity contribution in [2.24, 2.45) is 0 Å². The standard InChI is InChI=1S/C14H17N3O2S/c1-10(2)13-16-17-14(19-13)20-9-8-12(18)15-11-6-4-3-5-7-11/h3-7,10H,8-9H2,1-2H3,(H,15,18). The lowest BCUT2D eigenvalue weighted by molar-refractivity contribution is -0.115. The Kier molecular flexibility index (Phi) is 5.17. The molecule has 0 unspecified atom stereocenters. The molecule has 2 rings (SSSR count). The fourth-order valence-electron chi connectivity index (χ4n) is 1.49. The first-order valence-electron chi connectivity index (χ1n) is 6.46. The number of carbonyl (C=O) groups excluding carboxylic acids is 1. The first-order chi connectivity index (χ1) is 9.65. The van der Waals surface area contributed by atoms with Crippen molar-refractivity contribution < 1.29 is 9.21 Å². The van der Waals surface area contributed by atoms with E-state index in [1.807, 2.05) is 44.2 Å². The molecule has 1 aromatic heterocycles. The van der Waals surface area contributed by atoms with Gasteiger partial charge in [0, 0.05) is 23.8 Å². The van der Waals surface area contributed by atoms with Crippen LogP contribution < -0.4 is 5.32 Å². The van der Waals surface area contributed by atoms with E-state index in [-0.39, 0.29) is 11.8 Å². The lowest BCUT2D eigenvalue weighted by Crippen LogP contribution is -2.11. The number of hydrogen-bond donors (Lipinski definition) is 1. The predicted molar refractivity (Wildman–Crippen MR) is 78.8 cm³/mol. The van der Waals surface area contributed by atoms with Gasteiger partial charge in [0.25, 0.3) is 5.22 Å². The molecule has 1 amide bonds. The van der Waals surface area contributed by atoms with Gasteiger partial charge in [0.15, 0.2) is 0 Å². The number of para-hydroxylation sites is 1. The van der Waals surface area contributed by atoms with Crippen LogP contribution in [0.5, 0.6) is 0 Å². The number of anilines is 1. The Bertz CT molecular complexity index is 555. The van der Waals surface area contributed by atoms with E-state index in [1.165, 1.54) is 11.8 Å². The van der Waals surface area contributed by atoms with Gasteiger partial charge in [-0.1, -0.05) is 43.8 Å². The molecule has 0 atom stereocenters. The number of nitrogens with zero attached hydrogens (tertiary/aromatic N) is 2. The molecular formula is C14H17N3O2S. The predicted octanol–water partition coefficient (Wildman–Crippen LogP) is 3.31. The van der Waals surface area contributed by atoms with Crippen LogP contribution in [0.2, 0.25) is 0 Å². The third-order valence-corrected chi connectivity index (χ3v) is 3.35. The molecule has 1 heterocycles. The van der Waals surface area contributed by atoms with Crippen LogP contribution in [0.1, 0.15) is 32.1 Å². The number of thioether (sulfide) groups is 1. The lowest BCUT2D eigenvalue weighted by atomic mass is 10.2. The Morgan fingerprint density at radius 1 is 1.30 bits per heavy atom. The number of hydrogen-bond acceptors (Lipinski definition) is 5. The quantitative estimate of drug-likeness (QED) is 0.827. The lowest BCUT2D eigenvalue weighted by Gasteiger charge is -2.03. The summed E-state index contributed by atoms with van der Waals surface area (Å²) in [6.45, 7) is 3.99. The number of nitrogens with one attached hydrogen (secondary N) is 1. The summed E-state index contributed by atoms with van der Waals surface area (Å²) in [5, 5.41) is 11.2. The van der Waals surface area contributed by atoms with E-state index in [0.29, 0.717) is 23.3 Å². The van der Waals surface area contributed by atoms with Crippen LogP contribution in [0.15, 0.2) is 40.0 Å². The minimum absolute atomic E-state index is 0.0210. The van der Waals surface area contributed by atoms with Gasteiger partial charge in [0.05, 0.1) is 0 Å². The van der Waals surface area contributed by atoms with E-state index in [9.17, 15) is 4.79 Å². The molecule has 0 aliphatic carbocycles. The van der Waals surface area contributed by atoms with Crippen molar-refractivity contribution in [1.82, 2.24) is 10.2 Å². The molecule has 1 N–H and O–H groups in total. The van der Waals surface area contributed by atoms with Crippen molar-refractivity contribution >= 4 is 23.4 Å². The maximum absolute atomic E-state index is 11.7. The highest BCUT2D eigenvalue weighted by atomic mass is 32.2. The van der Waals surface area contributed by atoms with Gasteiger partial charge in [-0.25, -0.2) is 0 Å². The topological polar surface area (TPSA) is 68.0 Å². The van der Waals surface area contributed by atoms with Gasteiger partial charge in [0.2, 0.25) is 11.8 Å². The summed E-state index contributed by atoms with van der Waals surface area (Å²) in [6.07, 6.45) is 0.402. The molecule has 0 saturated heterocycles. The van der Waals surface area contributed by atoms with E-state index in [0.717, 1.165) is 5.69 Å². The second kappa shape index (κ2) is 7.09. The van der Waals surface area contributed by atoms with Crippen LogP contribution in [-0.2, 0) is 4.79 Å². The van der Waals surface area contributed by atoms with Crippen molar-refractivity contribution in [1.29, 1.82) is 0 Å². The minimum Gasteiger partial charge on any atom is -0.416 e. The van der Waals surface area contributed by atoms with E-state index < -0.39 is 0 Å². The minimum atomic E-state index is -0.0210. The van der Waals surface area contributed by atoms with Crippen LogP contribution in [0.4, 0.5) is 5.69 Å². The van der Waals surface area contributed by atoms with Gasteiger partial charge in [0.1, 0.15) is 0 Å². The van der Waals surface area contributed by atoms with E-state index in [1.54, 1.807) is 0 Å². The van der Waals surface area contributed by atoms with Crippen molar-refractivity contribution in [2.75, 3.05) is 11.1 Å². The number of amides is 1. The normalized spacial score (nSPS) is 10.8. The van der Waals surface area contributed by atoms with Crippen molar-refractivity contribution in [3.8, 4) is 0 Å². The van der Waals surface area contributed by atoms with Gasteiger partial charge in [-0.3, -0.25) is 4.79 Å². The summed E-state index contributed by atoms with van der Waals surface area (Å²) in [5.74, 6) is 1.44. The summed E-state index contributed by atoms with van der Waals surface area (Å²) in [7, 11) is 0. The highest BCUT2D eigenvalue weighted by molar-refractivity contribution is 7.99. The Morgan fingerprint density at radius 3 is 2.70 bits per heavy atom. The summed E-state index contributed by atoms with van der Waals surface area (Å²) in [4.78, 5) is 11.7. The number of aromatic nitrogens is 2. The zero-order valence-electron chi connectivity index (χ0n) is 11.5. The maximum Gasteiger partial charge on any atom is 0.276 e. The molecule has 0 bridgehead atoms. The van der Waals surface area contributed by atoms with Gasteiger partial charge < -0.3 is 9.73 Å². The fraction of sp³-hybridized carbons (Fsp3) is 0.357. The second-order valence-corrected chi connectivity index (χ2v) is 5.62. The average Bonchev–Trinajstić information content (AvgIpc) is 2.89. The first kappa shape index (κ1) is 14.6. The third-order valence-electron chi connectivity index (χ3n) is 2.53. The highest BCUT2D eigenvalue weighted by Crippen LogP contribution is 2.20. The molecular weight excluding hydrogens is 274 g/mol. The molecule has 6 heteroatoms. The molecule has 0 fully saturated rings. The fourth-order valence-corrected chi connectivity index (χ4v) is 2.19. The van der Waals surface area contributed by atoms with Crippen LogP contribution in [-0.4, -0.2) is 21.9 Å². The Hall–Kier alpha value is -1.82.